The lowest BCUT2D eigenvalue weighted by molar-refractivity contribution is -0.636. The van der Waals surface area contributed by atoms with Gasteiger partial charge in [0.2, 0.25) is 5.52 Å². The van der Waals surface area contributed by atoms with Gasteiger partial charge in [0.15, 0.2) is 5.52 Å². The van der Waals surface area contributed by atoms with Crippen LogP contribution >= 0.6 is 0 Å². The zero-order chi connectivity index (χ0) is 17.6. The fourth-order valence-electron chi connectivity index (χ4n) is 3.11. The summed E-state index contributed by atoms with van der Waals surface area (Å²) in [5.41, 5.74) is 6.67. The van der Waals surface area contributed by atoms with Gasteiger partial charge in [-0.25, -0.2) is 9.36 Å². The molecule has 2 heterocycles. The van der Waals surface area contributed by atoms with Crippen molar-refractivity contribution in [1.82, 2.24) is 9.61 Å². The third kappa shape index (κ3) is 2.97. The zero-order valence-corrected chi connectivity index (χ0v) is 16.1. The standard InChI is InChI=1S/C20H17N3O2.BrH/c1-13-11-19-22(12-15-7-9-16(10-8-15)20(24)25)17-5-3-4-6-18(17)23(19)21-14(13)2;/h3-11H,12H2,1-2H3;1H. The van der Waals surface area contributed by atoms with Crippen LogP contribution in [0.5, 0.6) is 0 Å². The summed E-state index contributed by atoms with van der Waals surface area (Å²) in [6.07, 6.45) is 0. The van der Waals surface area contributed by atoms with Gasteiger partial charge in [-0.2, -0.15) is 0 Å². The molecule has 0 saturated carbocycles. The van der Waals surface area contributed by atoms with Crippen LogP contribution in [-0.4, -0.2) is 20.7 Å². The number of fused-ring (bicyclic) bond motifs is 3. The number of para-hydroxylation sites is 2. The second kappa shape index (κ2) is 6.88. The fourth-order valence-corrected chi connectivity index (χ4v) is 3.11. The molecular formula is C20H18BrN3O2. The van der Waals surface area contributed by atoms with Gasteiger partial charge in [0.1, 0.15) is 6.54 Å². The van der Waals surface area contributed by atoms with Crippen LogP contribution in [0, 0.1) is 13.8 Å². The number of nitrogens with zero attached hydrogens (tertiary/aromatic N) is 3. The molecule has 0 spiro atoms. The van der Waals surface area contributed by atoms with E-state index in [1.807, 2.05) is 35.7 Å². The third-order valence-corrected chi connectivity index (χ3v) is 4.60. The van der Waals surface area contributed by atoms with E-state index < -0.39 is 5.97 Å². The number of benzene rings is 2. The van der Waals surface area contributed by atoms with Gasteiger partial charge in [-0.1, -0.05) is 33.9 Å². The van der Waals surface area contributed by atoms with Gasteiger partial charge in [-0.3, -0.25) is 0 Å². The number of hydrogen-bond donors (Lipinski definition) is 1. The minimum Gasteiger partial charge on any atom is -1.00 e. The number of imidazole rings is 1. The molecule has 1 N–H and O–H groups in total. The first-order valence-electron chi connectivity index (χ1n) is 8.14. The van der Waals surface area contributed by atoms with Crippen LogP contribution in [0.15, 0.2) is 54.6 Å². The molecule has 5 nitrogen and oxygen atoms in total. The molecule has 0 atom stereocenters. The molecule has 0 amide bonds. The van der Waals surface area contributed by atoms with Crippen LogP contribution in [0.2, 0.25) is 0 Å². The summed E-state index contributed by atoms with van der Waals surface area (Å²) in [5, 5.41) is 13.8. The first-order chi connectivity index (χ1) is 12.0. The van der Waals surface area contributed by atoms with E-state index in [0.717, 1.165) is 33.5 Å². The Balaban J connectivity index is 0.00000196. The maximum Gasteiger partial charge on any atom is 0.335 e. The van der Waals surface area contributed by atoms with Crippen LogP contribution in [0.3, 0.4) is 0 Å². The zero-order valence-electron chi connectivity index (χ0n) is 14.5. The number of aromatic nitrogens is 3. The summed E-state index contributed by atoms with van der Waals surface area (Å²) in [7, 11) is 0. The number of hydrogen-bond acceptors (Lipinski definition) is 2. The SMILES string of the molecule is Cc1cc2n(nc1C)c1ccccc1[n+]2Cc1ccc(C(=O)O)cc1.[Br-]. The second-order valence-corrected chi connectivity index (χ2v) is 6.26. The van der Waals surface area contributed by atoms with Crippen molar-refractivity contribution in [1.29, 1.82) is 0 Å². The average molecular weight is 412 g/mol. The second-order valence-electron chi connectivity index (χ2n) is 6.26. The van der Waals surface area contributed by atoms with Crippen LogP contribution in [0.4, 0.5) is 0 Å². The lowest BCUT2D eigenvalue weighted by atomic mass is 10.1. The van der Waals surface area contributed by atoms with Crippen LogP contribution < -0.4 is 21.5 Å². The Hall–Kier alpha value is -2.73. The Labute approximate surface area is 161 Å². The molecule has 6 heteroatoms. The molecule has 0 radical (unpaired) electrons. The van der Waals surface area contributed by atoms with Gasteiger partial charge in [-0.15, -0.1) is 0 Å². The molecule has 4 rings (SSSR count). The van der Waals surface area contributed by atoms with E-state index in [1.54, 1.807) is 12.1 Å². The summed E-state index contributed by atoms with van der Waals surface area (Å²) < 4.78 is 4.19. The van der Waals surface area contributed by atoms with Gasteiger partial charge >= 0.3 is 11.6 Å². The largest absolute Gasteiger partial charge is 1.00 e. The lowest BCUT2D eigenvalue weighted by Crippen LogP contribution is -3.00. The third-order valence-electron chi connectivity index (χ3n) is 4.60. The normalized spacial score (nSPS) is 10.8. The van der Waals surface area contributed by atoms with E-state index in [-0.39, 0.29) is 17.0 Å². The molecule has 0 bridgehead atoms. The Kier molecular flexibility index (Phi) is 4.78. The molecule has 0 saturated heterocycles. The maximum absolute atomic E-state index is 11.0. The van der Waals surface area contributed by atoms with Crippen molar-refractivity contribution in [2.45, 2.75) is 20.4 Å². The van der Waals surface area contributed by atoms with E-state index in [9.17, 15) is 4.79 Å². The lowest BCUT2D eigenvalue weighted by Gasteiger charge is -2.02. The molecular weight excluding hydrogens is 394 g/mol. The minimum atomic E-state index is -0.908. The molecule has 0 aliphatic heterocycles. The van der Waals surface area contributed by atoms with E-state index in [0.29, 0.717) is 12.1 Å². The number of carbonyl (C=O) groups is 1. The fraction of sp³-hybridized carbons (Fsp3) is 0.150. The van der Waals surface area contributed by atoms with Crippen LogP contribution in [0.25, 0.3) is 16.7 Å². The Morgan fingerprint density at radius 3 is 2.50 bits per heavy atom. The summed E-state index contributed by atoms with van der Waals surface area (Å²) in [5.74, 6) is -0.908. The molecule has 0 aliphatic rings. The number of carboxylic acid groups (broad SMARTS) is 1. The first-order valence-corrected chi connectivity index (χ1v) is 8.14. The molecule has 26 heavy (non-hydrogen) atoms. The van der Waals surface area contributed by atoms with E-state index >= 15 is 0 Å². The number of rotatable bonds is 3. The van der Waals surface area contributed by atoms with Crippen LogP contribution in [-0.2, 0) is 6.54 Å². The summed E-state index contributed by atoms with van der Waals surface area (Å²) >= 11 is 0. The predicted molar refractivity (Wildman–Crippen MR) is 94.9 cm³/mol. The Morgan fingerprint density at radius 2 is 1.81 bits per heavy atom. The number of halogens is 1. The van der Waals surface area contributed by atoms with Crippen molar-refractivity contribution in [2.24, 2.45) is 0 Å². The van der Waals surface area contributed by atoms with Gasteiger partial charge < -0.3 is 22.1 Å². The highest BCUT2D eigenvalue weighted by Crippen LogP contribution is 2.17. The summed E-state index contributed by atoms with van der Waals surface area (Å²) in [4.78, 5) is 11.0. The van der Waals surface area contributed by atoms with Gasteiger partial charge in [0.05, 0.1) is 11.3 Å². The van der Waals surface area contributed by atoms with Gasteiger partial charge in [0, 0.05) is 6.07 Å². The van der Waals surface area contributed by atoms with E-state index in [2.05, 4.69) is 29.7 Å². The van der Waals surface area contributed by atoms with Crippen molar-refractivity contribution < 1.29 is 31.4 Å². The highest BCUT2D eigenvalue weighted by atomic mass is 79.9. The number of carboxylic acids is 1. The Morgan fingerprint density at radius 1 is 1.12 bits per heavy atom. The van der Waals surface area contributed by atoms with Gasteiger partial charge in [0.25, 0.3) is 0 Å². The molecule has 4 aromatic rings. The molecule has 0 aliphatic carbocycles. The number of aryl methyl sites for hydroxylation is 2. The molecule has 132 valence electrons. The number of aromatic carboxylic acids is 1. The first kappa shape index (κ1) is 18.1. The van der Waals surface area contributed by atoms with Crippen molar-refractivity contribution in [3.05, 3.63) is 77.0 Å². The monoisotopic (exact) mass is 411 g/mol. The maximum atomic E-state index is 11.0. The van der Waals surface area contributed by atoms with Crippen molar-refractivity contribution in [3.63, 3.8) is 0 Å². The molecule has 0 fully saturated rings. The van der Waals surface area contributed by atoms with Crippen molar-refractivity contribution in [2.75, 3.05) is 0 Å². The van der Waals surface area contributed by atoms with Crippen molar-refractivity contribution in [3.8, 4) is 0 Å². The quantitative estimate of drug-likeness (QED) is 0.488. The highest BCUT2D eigenvalue weighted by Gasteiger charge is 2.21. The molecule has 2 aromatic heterocycles. The van der Waals surface area contributed by atoms with Crippen LogP contribution in [0.1, 0.15) is 27.2 Å². The topological polar surface area (TPSA) is 58.5 Å². The molecule has 2 aromatic carbocycles. The Bertz CT molecular complexity index is 1120. The van der Waals surface area contributed by atoms with E-state index in [4.69, 9.17) is 10.2 Å². The minimum absolute atomic E-state index is 0. The highest BCUT2D eigenvalue weighted by molar-refractivity contribution is 5.87. The summed E-state index contributed by atoms with van der Waals surface area (Å²) in [6, 6.07) is 17.3. The molecule has 0 unspecified atom stereocenters. The predicted octanol–water partition coefficient (Wildman–Crippen LogP) is 0.142. The van der Waals surface area contributed by atoms with Crippen molar-refractivity contribution >= 4 is 22.6 Å². The smallest absolute Gasteiger partial charge is 0.335 e. The van der Waals surface area contributed by atoms with Gasteiger partial charge in [-0.05, 0) is 49.2 Å². The average Bonchev–Trinajstić information content (AvgIpc) is 2.89. The summed E-state index contributed by atoms with van der Waals surface area (Å²) in [6.45, 7) is 4.73. The van der Waals surface area contributed by atoms with E-state index in [1.165, 1.54) is 0 Å².